The minimum atomic E-state index is -0.714. The maximum absolute atomic E-state index is 14.8. The second-order valence-electron chi connectivity index (χ2n) is 15.8. The Morgan fingerprint density at radius 2 is 1.82 bits per heavy atom. The molecule has 2 aliphatic carbocycles. The van der Waals surface area contributed by atoms with Gasteiger partial charge < -0.3 is 24.8 Å². The van der Waals surface area contributed by atoms with Gasteiger partial charge in [-0.25, -0.2) is 14.4 Å². The Bertz CT molecular complexity index is 2000. The van der Waals surface area contributed by atoms with Crippen molar-refractivity contribution in [3.05, 3.63) is 60.4 Å². The van der Waals surface area contributed by atoms with E-state index in [0.29, 0.717) is 43.5 Å². The lowest BCUT2D eigenvalue weighted by Gasteiger charge is -2.49. The summed E-state index contributed by atoms with van der Waals surface area (Å²) in [6.45, 7) is 6.84. The number of pyridine rings is 2. The van der Waals surface area contributed by atoms with Gasteiger partial charge in [-0.2, -0.15) is 0 Å². The largest absolute Gasteiger partial charge is 0.387 e. The number of fused-ring (bicyclic) bond motifs is 5. The van der Waals surface area contributed by atoms with Crippen LogP contribution in [0.2, 0.25) is 0 Å². The summed E-state index contributed by atoms with van der Waals surface area (Å²) >= 11 is 0. The van der Waals surface area contributed by atoms with E-state index in [9.17, 15) is 19.1 Å². The highest BCUT2D eigenvalue weighted by Crippen LogP contribution is 2.52. The SMILES string of the molecule is CC(C)n1cnc2cc(-c3ccc4c(c3)N([C@H]3C[C@@H](N5CC6CCC(C6)C5)C3)C(=O)C43CCN(C(=O)CO)CC3)nc(Nc3ccncc3F)c21. The lowest BCUT2D eigenvalue weighted by Crippen LogP contribution is -2.59. The van der Waals surface area contributed by atoms with Crippen LogP contribution in [0.3, 0.4) is 0 Å². The van der Waals surface area contributed by atoms with Crippen LogP contribution in [0.5, 0.6) is 0 Å². The highest BCUT2D eigenvalue weighted by molar-refractivity contribution is 6.09. The van der Waals surface area contributed by atoms with Crippen LogP contribution in [0.4, 0.5) is 21.6 Å². The number of aliphatic hydroxyl groups is 1. The van der Waals surface area contributed by atoms with E-state index in [0.717, 1.165) is 52.5 Å². The molecule has 51 heavy (non-hydrogen) atoms. The van der Waals surface area contributed by atoms with Crippen molar-refractivity contribution < 1.29 is 19.1 Å². The van der Waals surface area contributed by atoms with Crippen LogP contribution in [-0.2, 0) is 15.0 Å². The number of nitrogens with zero attached hydrogens (tertiary/aromatic N) is 7. The van der Waals surface area contributed by atoms with E-state index in [2.05, 4.69) is 46.1 Å². The Morgan fingerprint density at radius 3 is 2.53 bits per heavy atom. The van der Waals surface area contributed by atoms with Crippen molar-refractivity contribution in [1.29, 1.82) is 0 Å². The molecule has 2 atom stereocenters. The number of piperidine rings is 2. The third-order valence-electron chi connectivity index (χ3n) is 12.5. The molecule has 2 amide bonds. The average molecular weight is 693 g/mol. The summed E-state index contributed by atoms with van der Waals surface area (Å²) in [5.41, 5.74) is 4.51. The number of aromatic nitrogens is 4. The molecule has 2 unspecified atom stereocenters. The molecule has 2 bridgehead atoms. The van der Waals surface area contributed by atoms with E-state index >= 15 is 0 Å². The zero-order chi connectivity index (χ0) is 35.0. The molecule has 12 heteroatoms. The van der Waals surface area contributed by atoms with Crippen molar-refractivity contribution in [2.75, 3.05) is 43.0 Å². The Labute approximate surface area is 296 Å². The number of anilines is 3. The Kier molecular flexibility index (Phi) is 7.88. The normalized spacial score (nSPS) is 25.5. The van der Waals surface area contributed by atoms with Gasteiger partial charge in [-0.3, -0.25) is 19.5 Å². The van der Waals surface area contributed by atoms with E-state index in [4.69, 9.17) is 9.97 Å². The van der Waals surface area contributed by atoms with E-state index in [1.165, 1.54) is 38.5 Å². The molecule has 6 heterocycles. The Morgan fingerprint density at radius 1 is 1.06 bits per heavy atom. The fourth-order valence-corrected chi connectivity index (χ4v) is 9.74. The monoisotopic (exact) mass is 692 g/mol. The average Bonchev–Trinajstić information content (AvgIpc) is 3.77. The number of nitrogens with one attached hydrogen (secondary N) is 1. The highest BCUT2D eigenvalue weighted by Gasteiger charge is 2.56. The van der Waals surface area contributed by atoms with Gasteiger partial charge in [-0.1, -0.05) is 12.1 Å². The number of likely N-dealkylation sites (tertiary alicyclic amines) is 2. The quantitative estimate of drug-likeness (QED) is 0.264. The van der Waals surface area contributed by atoms with E-state index < -0.39 is 17.8 Å². The molecule has 0 radical (unpaired) electrons. The summed E-state index contributed by atoms with van der Waals surface area (Å²) in [6.07, 6.45) is 11.5. The van der Waals surface area contributed by atoms with Gasteiger partial charge in [0, 0.05) is 61.8 Å². The molecule has 2 N–H and O–H groups in total. The number of carbonyl (C=O) groups is 2. The number of hydrogen-bond donors (Lipinski definition) is 2. The standard InChI is InChI=1S/C39H45FN8O3/c1-23(2)47-22-42-33-17-32(44-37(36(33)47)43-31-7-10-41-18-30(31)40)26-5-6-29-34(14-26)48(38(51)39(29)8-11-45(12-9-39)35(50)21-49)28-15-27(16-28)46-19-24-3-4-25(13-24)20-46/h5-7,10,14,17-18,22-25,27-28,49H,3-4,8-9,11-13,15-16,19-21H2,1-2H3,(H,41,43,44)/t24?,25?,27-,28+. The molecular weight excluding hydrogens is 647 g/mol. The zero-order valence-corrected chi connectivity index (χ0v) is 29.3. The van der Waals surface area contributed by atoms with Crippen LogP contribution in [-0.4, -0.2) is 91.1 Å². The molecule has 2 saturated heterocycles. The minimum Gasteiger partial charge on any atom is -0.387 e. The van der Waals surface area contributed by atoms with Crippen molar-refractivity contribution in [3.63, 3.8) is 0 Å². The molecule has 5 aliphatic rings. The second kappa shape index (κ2) is 12.4. The second-order valence-corrected chi connectivity index (χ2v) is 15.8. The van der Waals surface area contributed by atoms with Gasteiger partial charge in [0.15, 0.2) is 11.6 Å². The first kappa shape index (κ1) is 32.5. The maximum Gasteiger partial charge on any atom is 0.248 e. The predicted octanol–water partition coefficient (Wildman–Crippen LogP) is 5.42. The lowest BCUT2D eigenvalue weighted by molar-refractivity contribution is -0.138. The number of amides is 2. The van der Waals surface area contributed by atoms with Crippen LogP contribution in [0.1, 0.15) is 70.4 Å². The van der Waals surface area contributed by atoms with Gasteiger partial charge in [0.1, 0.15) is 12.1 Å². The number of carbonyl (C=O) groups excluding carboxylic acids is 2. The van der Waals surface area contributed by atoms with E-state index in [-0.39, 0.29) is 29.6 Å². The molecule has 9 rings (SSSR count). The fourth-order valence-electron chi connectivity index (χ4n) is 9.74. The Hall–Kier alpha value is -4.42. The summed E-state index contributed by atoms with van der Waals surface area (Å²) in [5, 5.41) is 12.7. The summed E-state index contributed by atoms with van der Waals surface area (Å²) in [4.78, 5) is 47.3. The number of aliphatic hydroxyl groups excluding tert-OH is 1. The smallest absolute Gasteiger partial charge is 0.248 e. The summed E-state index contributed by atoms with van der Waals surface area (Å²) in [5.74, 6) is 1.48. The van der Waals surface area contributed by atoms with Gasteiger partial charge in [-0.15, -0.1) is 0 Å². The van der Waals surface area contributed by atoms with Crippen LogP contribution in [0.15, 0.2) is 49.1 Å². The van der Waals surface area contributed by atoms with Crippen LogP contribution in [0.25, 0.3) is 22.3 Å². The lowest BCUT2D eigenvalue weighted by atomic mass is 9.73. The zero-order valence-electron chi connectivity index (χ0n) is 29.3. The molecule has 11 nitrogen and oxygen atoms in total. The van der Waals surface area contributed by atoms with Crippen molar-refractivity contribution >= 4 is 40.0 Å². The Balaban J connectivity index is 1.09. The molecule has 4 aromatic rings. The first-order valence-electron chi connectivity index (χ1n) is 18.6. The van der Waals surface area contributed by atoms with Crippen molar-refractivity contribution in [2.45, 2.75) is 82.3 Å². The molecule has 266 valence electrons. The molecular formula is C39H45FN8O3. The van der Waals surface area contributed by atoms with Crippen LogP contribution in [0, 0.1) is 17.7 Å². The summed E-state index contributed by atoms with van der Waals surface area (Å²) < 4.78 is 16.9. The number of imidazole rings is 1. The van der Waals surface area contributed by atoms with Gasteiger partial charge in [0.05, 0.1) is 34.8 Å². The van der Waals surface area contributed by atoms with Gasteiger partial charge in [0.2, 0.25) is 11.8 Å². The summed E-state index contributed by atoms with van der Waals surface area (Å²) in [6, 6.07) is 10.5. The molecule has 1 spiro atoms. The van der Waals surface area contributed by atoms with Crippen LogP contribution >= 0.6 is 0 Å². The molecule has 3 aromatic heterocycles. The topological polar surface area (TPSA) is 120 Å². The van der Waals surface area contributed by atoms with Crippen LogP contribution < -0.4 is 10.2 Å². The van der Waals surface area contributed by atoms with Gasteiger partial charge >= 0.3 is 0 Å². The third kappa shape index (κ3) is 5.32. The predicted molar refractivity (Wildman–Crippen MR) is 192 cm³/mol. The maximum atomic E-state index is 14.8. The minimum absolute atomic E-state index is 0.103. The molecule has 1 aromatic carbocycles. The number of hydrogen-bond acceptors (Lipinski definition) is 8. The van der Waals surface area contributed by atoms with E-state index in [1.807, 2.05) is 16.7 Å². The first-order valence-corrected chi connectivity index (χ1v) is 18.6. The van der Waals surface area contributed by atoms with Gasteiger partial charge in [0.25, 0.3) is 0 Å². The highest BCUT2D eigenvalue weighted by atomic mass is 19.1. The number of rotatable bonds is 7. The van der Waals surface area contributed by atoms with Crippen molar-refractivity contribution in [1.82, 2.24) is 29.3 Å². The molecule has 2 saturated carbocycles. The molecule has 3 aliphatic heterocycles. The summed E-state index contributed by atoms with van der Waals surface area (Å²) in [7, 11) is 0. The molecule has 4 fully saturated rings. The number of halogens is 1. The first-order chi connectivity index (χ1) is 24.7. The fraction of sp³-hybridized carbons (Fsp3) is 0.513. The van der Waals surface area contributed by atoms with Gasteiger partial charge in [-0.05, 0) is 94.4 Å². The van der Waals surface area contributed by atoms with Crippen molar-refractivity contribution in [2.24, 2.45) is 11.8 Å². The number of benzene rings is 1. The third-order valence-corrected chi connectivity index (χ3v) is 12.5. The van der Waals surface area contributed by atoms with Crippen molar-refractivity contribution in [3.8, 4) is 11.3 Å². The van der Waals surface area contributed by atoms with E-state index in [1.54, 1.807) is 23.5 Å².